The van der Waals surface area contributed by atoms with Crippen molar-refractivity contribution in [3.63, 3.8) is 0 Å². The fraction of sp³-hybridized carbons (Fsp3) is 0.194. The molecule has 2 aliphatic rings. The number of carbonyl (C=O) groups excluding carboxylic acids is 1. The SMILES string of the molecule is COc1ccc(C2=C(C)C(C3C(=O)Nc4ccc(CCCl)cc43)c3ccccc32)c2ccccc12. The fourth-order valence-corrected chi connectivity index (χ4v) is 6.20. The van der Waals surface area contributed by atoms with E-state index < -0.39 is 0 Å². The molecule has 0 radical (unpaired) electrons. The first-order valence-electron chi connectivity index (χ1n) is 12.0. The number of hydrogen-bond acceptors (Lipinski definition) is 2. The molecule has 4 aromatic carbocycles. The van der Waals surface area contributed by atoms with E-state index in [0.29, 0.717) is 5.88 Å². The van der Waals surface area contributed by atoms with Gasteiger partial charge >= 0.3 is 0 Å². The van der Waals surface area contributed by atoms with Crippen molar-refractivity contribution in [3.05, 3.63) is 112 Å². The van der Waals surface area contributed by atoms with E-state index in [-0.39, 0.29) is 17.7 Å². The second-order valence-electron chi connectivity index (χ2n) is 9.31. The minimum Gasteiger partial charge on any atom is -0.496 e. The van der Waals surface area contributed by atoms with Crippen LogP contribution in [-0.2, 0) is 11.2 Å². The smallest absolute Gasteiger partial charge is 0.232 e. The zero-order valence-corrected chi connectivity index (χ0v) is 20.5. The first-order valence-corrected chi connectivity index (χ1v) is 12.5. The van der Waals surface area contributed by atoms with Crippen molar-refractivity contribution < 1.29 is 9.53 Å². The lowest BCUT2D eigenvalue weighted by Gasteiger charge is -2.21. The van der Waals surface area contributed by atoms with Crippen LogP contribution < -0.4 is 10.1 Å². The van der Waals surface area contributed by atoms with Crippen LogP contribution in [0.5, 0.6) is 5.75 Å². The lowest BCUT2D eigenvalue weighted by molar-refractivity contribution is -0.117. The maximum absolute atomic E-state index is 13.4. The number of anilines is 1. The van der Waals surface area contributed by atoms with E-state index in [1.54, 1.807) is 7.11 Å². The van der Waals surface area contributed by atoms with Gasteiger partial charge in [-0.3, -0.25) is 4.79 Å². The number of rotatable bonds is 5. The monoisotopic (exact) mass is 479 g/mol. The predicted molar refractivity (Wildman–Crippen MR) is 144 cm³/mol. The minimum absolute atomic E-state index is 0.0328. The van der Waals surface area contributed by atoms with Crippen LogP contribution in [0.4, 0.5) is 5.69 Å². The second-order valence-corrected chi connectivity index (χ2v) is 9.69. The van der Waals surface area contributed by atoms with Crippen LogP contribution in [-0.4, -0.2) is 18.9 Å². The van der Waals surface area contributed by atoms with Gasteiger partial charge in [-0.15, -0.1) is 11.6 Å². The molecule has 2 atom stereocenters. The number of nitrogens with one attached hydrogen (secondary N) is 1. The van der Waals surface area contributed by atoms with Gasteiger partial charge in [0.05, 0.1) is 13.0 Å². The molecule has 0 bridgehead atoms. The van der Waals surface area contributed by atoms with Crippen molar-refractivity contribution in [2.75, 3.05) is 18.3 Å². The Morgan fingerprint density at radius 3 is 2.43 bits per heavy atom. The molecule has 1 heterocycles. The maximum atomic E-state index is 13.4. The molecular weight excluding hydrogens is 454 g/mol. The van der Waals surface area contributed by atoms with E-state index in [1.165, 1.54) is 27.8 Å². The molecule has 6 rings (SSSR count). The molecule has 1 amide bonds. The number of halogens is 1. The quantitative estimate of drug-likeness (QED) is 0.305. The highest BCUT2D eigenvalue weighted by Crippen LogP contribution is 2.54. The van der Waals surface area contributed by atoms with Crippen LogP contribution >= 0.6 is 11.6 Å². The second kappa shape index (κ2) is 8.58. The van der Waals surface area contributed by atoms with E-state index in [1.807, 2.05) is 18.2 Å². The third-order valence-electron chi connectivity index (χ3n) is 7.51. The van der Waals surface area contributed by atoms with Gasteiger partial charge in [0.25, 0.3) is 0 Å². The summed E-state index contributed by atoms with van der Waals surface area (Å²) < 4.78 is 5.65. The molecule has 0 spiro atoms. The Hall–Kier alpha value is -3.56. The molecule has 3 nitrogen and oxygen atoms in total. The van der Waals surface area contributed by atoms with Gasteiger partial charge in [0.15, 0.2) is 0 Å². The fourth-order valence-electron chi connectivity index (χ4n) is 5.98. The van der Waals surface area contributed by atoms with E-state index in [4.69, 9.17) is 16.3 Å². The van der Waals surface area contributed by atoms with E-state index in [2.05, 4.69) is 72.9 Å². The van der Waals surface area contributed by atoms with Crippen LogP contribution in [0.15, 0.2) is 84.4 Å². The predicted octanol–water partition coefficient (Wildman–Crippen LogP) is 7.28. The van der Waals surface area contributed by atoms with Crippen molar-refractivity contribution in [3.8, 4) is 5.75 Å². The third kappa shape index (κ3) is 3.37. The van der Waals surface area contributed by atoms with Gasteiger partial charge in [-0.1, -0.05) is 72.3 Å². The highest BCUT2D eigenvalue weighted by molar-refractivity contribution is 6.18. The molecule has 0 aromatic heterocycles. The standard InChI is InChI=1S/C31H26ClNO2/c1-18-28(24-12-14-27(35-2)21-8-4-3-7-20(21)24)22-9-5-6-10-23(22)29(18)30-25-17-19(15-16-32)11-13-26(25)33-31(30)34/h3-14,17,29-30H,15-16H2,1-2H3,(H,33,34). The molecule has 0 saturated heterocycles. The molecule has 1 N–H and O–H groups in total. The highest BCUT2D eigenvalue weighted by Gasteiger charge is 2.43. The molecule has 1 aliphatic carbocycles. The Morgan fingerprint density at radius 2 is 1.63 bits per heavy atom. The van der Waals surface area contributed by atoms with Gasteiger partial charge in [0.2, 0.25) is 5.91 Å². The van der Waals surface area contributed by atoms with E-state index >= 15 is 0 Å². The zero-order valence-electron chi connectivity index (χ0n) is 19.8. The number of methoxy groups -OCH3 is 1. The summed E-state index contributed by atoms with van der Waals surface area (Å²) in [6.45, 7) is 2.19. The van der Waals surface area contributed by atoms with Crippen LogP contribution in [0.1, 0.15) is 46.6 Å². The van der Waals surface area contributed by atoms with Gasteiger partial charge in [0, 0.05) is 22.9 Å². The van der Waals surface area contributed by atoms with Crippen LogP contribution in [0, 0.1) is 0 Å². The first-order chi connectivity index (χ1) is 17.1. The number of benzene rings is 4. The molecular formula is C31H26ClNO2. The zero-order chi connectivity index (χ0) is 24.1. The van der Waals surface area contributed by atoms with Crippen molar-refractivity contribution >= 4 is 39.5 Å². The first kappa shape index (κ1) is 21.9. The Balaban J connectivity index is 1.57. The minimum atomic E-state index is -0.275. The van der Waals surface area contributed by atoms with Gasteiger partial charge < -0.3 is 10.1 Å². The Morgan fingerprint density at radius 1 is 0.857 bits per heavy atom. The average molecular weight is 480 g/mol. The normalized spacial score (nSPS) is 18.5. The largest absolute Gasteiger partial charge is 0.496 e. The summed E-state index contributed by atoms with van der Waals surface area (Å²) in [5, 5.41) is 5.37. The number of amides is 1. The summed E-state index contributed by atoms with van der Waals surface area (Å²) >= 11 is 6.03. The molecule has 1 aliphatic heterocycles. The summed E-state index contributed by atoms with van der Waals surface area (Å²) in [5.74, 6) is 1.17. The summed E-state index contributed by atoms with van der Waals surface area (Å²) in [7, 11) is 1.71. The lowest BCUT2D eigenvalue weighted by Crippen LogP contribution is -2.19. The van der Waals surface area contributed by atoms with Crippen molar-refractivity contribution in [1.29, 1.82) is 0 Å². The third-order valence-corrected chi connectivity index (χ3v) is 7.70. The number of fused-ring (bicyclic) bond motifs is 3. The Kier molecular flexibility index (Phi) is 5.38. The van der Waals surface area contributed by atoms with Gasteiger partial charge in [-0.05, 0) is 64.3 Å². The molecule has 4 aromatic rings. The molecule has 2 unspecified atom stereocenters. The molecule has 0 fully saturated rings. The molecule has 174 valence electrons. The number of aryl methyl sites for hydroxylation is 1. The number of ether oxygens (including phenoxy) is 1. The summed E-state index contributed by atoms with van der Waals surface area (Å²) in [5.41, 5.74) is 9.14. The highest BCUT2D eigenvalue weighted by atomic mass is 35.5. The van der Waals surface area contributed by atoms with Crippen LogP contribution in [0.3, 0.4) is 0 Å². The summed E-state index contributed by atoms with van der Waals surface area (Å²) in [6, 6.07) is 27.3. The molecule has 35 heavy (non-hydrogen) atoms. The van der Waals surface area contributed by atoms with Crippen molar-refractivity contribution in [2.24, 2.45) is 0 Å². The lowest BCUT2D eigenvalue weighted by atomic mass is 9.79. The van der Waals surface area contributed by atoms with E-state index in [0.717, 1.165) is 39.8 Å². The number of carbonyl (C=O) groups is 1. The topological polar surface area (TPSA) is 38.3 Å². The maximum Gasteiger partial charge on any atom is 0.232 e. The van der Waals surface area contributed by atoms with Gasteiger partial charge in [-0.25, -0.2) is 0 Å². The molecule has 0 saturated carbocycles. The molecule has 4 heteroatoms. The van der Waals surface area contributed by atoms with Crippen LogP contribution in [0.2, 0.25) is 0 Å². The average Bonchev–Trinajstić information content (AvgIpc) is 3.35. The summed E-state index contributed by atoms with van der Waals surface area (Å²) in [4.78, 5) is 13.4. The van der Waals surface area contributed by atoms with Crippen molar-refractivity contribution in [1.82, 2.24) is 0 Å². The Labute approximate surface area is 210 Å². The summed E-state index contributed by atoms with van der Waals surface area (Å²) in [6.07, 6.45) is 0.787. The number of allylic oxidation sites excluding steroid dienone is 1. The van der Waals surface area contributed by atoms with Crippen molar-refractivity contribution in [2.45, 2.75) is 25.2 Å². The van der Waals surface area contributed by atoms with Gasteiger partial charge in [0.1, 0.15) is 5.75 Å². The Bertz CT molecular complexity index is 1520. The van der Waals surface area contributed by atoms with E-state index in [9.17, 15) is 4.79 Å². The number of hydrogen-bond donors (Lipinski definition) is 1. The number of alkyl halides is 1. The van der Waals surface area contributed by atoms with Gasteiger partial charge in [-0.2, -0.15) is 0 Å². The van der Waals surface area contributed by atoms with Crippen LogP contribution in [0.25, 0.3) is 16.3 Å².